The van der Waals surface area contributed by atoms with Crippen LogP contribution in [0.15, 0.2) is 105 Å². The lowest BCUT2D eigenvalue weighted by Crippen LogP contribution is -2.49. The van der Waals surface area contributed by atoms with Crippen molar-refractivity contribution in [2.45, 2.75) is 18.9 Å². The van der Waals surface area contributed by atoms with Crippen molar-refractivity contribution in [2.24, 2.45) is 5.92 Å². The molecular weight excluding hydrogens is 652 g/mol. The molecule has 8 rings (SSSR count). The maximum atomic E-state index is 13.9. The SMILES string of the molecule is O=C(Nc1cc(C(=O)N2CCN(c3ccc([N+](=O)[O-])cc3)CC2)ccc1N1C[C@H]2C[C@@H](C1)c1cccc(=O)n1C2)c1cc2ccccc2oc1=O. The number of piperidine rings is 1. The first-order valence-electron chi connectivity index (χ1n) is 16.9. The van der Waals surface area contributed by atoms with Gasteiger partial charge in [-0.15, -0.1) is 0 Å². The summed E-state index contributed by atoms with van der Waals surface area (Å²) in [4.78, 5) is 69.9. The molecule has 13 nitrogen and oxygen atoms in total. The fraction of sp³-hybridized carbons (Fsp3) is 0.263. The highest BCUT2D eigenvalue weighted by Crippen LogP contribution is 2.39. The van der Waals surface area contributed by atoms with E-state index in [1.54, 1.807) is 65.6 Å². The number of para-hydroxylation sites is 1. The second kappa shape index (κ2) is 12.9. The van der Waals surface area contributed by atoms with Crippen LogP contribution in [0, 0.1) is 16.0 Å². The number of fused-ring (bicyclic) bond motifs is 5. The number of hydrogen-bond acceptors (Lipinski definition) is 9. The molecule has 13 heteroatoms. The van der Waals surface area contributed by atoms with Crippen LogP contribution in [-0.4, -0.2) is 65.5 Å². The molecule has 258 valence electrons. The van der Waals surface area contributed by atoms with E-state index in [-0.39, 0.29) is 34.6 Å². The number of nitro groups is 1. The first kappa shape index (κ1) is 32.0. The van der Waals surface area contributed by atoms with E-state index in [0.29, 0.717) is 68.0 Å². The van der Waals surface area contributed by atoms with Gasteiger partial charge in [0.1, 0.15) is 11.1 Å². The van der Waals surface area contributed by atoms with Gasteiger partial charge < -0.3 is 29.0 Å². The van der Waals surface area contributed by atoms with Crippen molar-refractivity contribution in [1.29, 1.82) is 0 Å². The van der Waals surface area contributed by atoms with Gasteiger partial charge in [-0.2, -0.15) is 0 Å². The topological polar surface area (TPSA) is 151 Å². The lowest BCUT2D eigenvalue weighted by Gasteiger charge is -2.44. The average molecular weight is 687 g/mol. The fourth-order valence-corrected chi connectivity index (χ4v) is 7.68. The number of piperazine rings is 1. The smallest absolute Gasteiger partial charge is 0.349 e. The zero-order valence-corrected chi connectivity index (χ0v) is 27.6. The summed E-state index contributed by atoms with van der Waals surface area (Å²) in [5.74, 6) is -0.530. The maximum Gasteiger partial charge on any atom is 0.349 e. The predicted molar refractivity (Wildman–Crippen MR) is 192 cm³/mol. The number of nitrogens with zero attached hydrogens (tertiary/aromatic N) is 5. The first-order valence-corrected chi connectivity index (χ1v) is 16.9. The van der Waals surface area contributed by atoms with Crippen molar-refractivity contribution in [1.82, 2.24) is 9.47 Å². The number of benzene rings is 3. The third-order valence-corrected chi connectivity index (χ3v) is 10.2. The Morgan fingerprint density at radius 2 is 1.61 bits per heavy atom. The Morgan fingerprint density at radius 1 is 0.824 bits per heavy atom. The van der Waals surface area contributed by atoms with Gasteiger partial charge in [0.05, 0.1) is 16.3 Å². The van der Waals surface area contributed by atoms with Crippen LogP contribution in [0.4, 0.5) is 22.7 Å². The average Bonchev–Trinajstić information content (AvgIpc) is 3.14. The highest BCUT2D eigenvalue weighted by Gasteiger charge is 2.36. The van der Waals surface area contributed by atoms with Gasteiger partial charge in [0.25, 0.3) is 23.1 Å². The van der Waals surface area contributed by atoms with Crippen LogP contribution in [0.3, 0.4) is 0 Å². The third kappa shape index (κ3) is 6.11. The maximum absolute atomic E-state index is 13.9. The van der Waals surface area contributed by atoms with Crippen molar-refractivity contribution in [3.63, 3.8) is 0 Å². The summed E-state index contributed by atoms with van der Waals surface area (Å²) in [6, 6.07) is 25.5. The van der Waals surface area contributed by atoms with Crippen LogP contribution >= 0.6 is 0 Å². The Kier molecular flexibility index (Phi) is 8.09. The summed E-state index contributed by atoms with van der Waals surface area (Å²) in [6.45, 7) is 3.82. The molecule has 0 saturated carbocycles. The van der Waals surface area contributed by atoms with Crippen molar-refractivity contribution in [3.8, 4) is 0 Å². The van der Waals surface area contributed by atoms with E-state index < -0.39 is 16.5 Å². The number of amides is 2. The van der Waals surface area contributed by atoms with E-state index in [2.05, 4.69) is 15.1 Å². The van der Waals surface area contributed by atoms with Crippen molar-refractivity contribution in [3.05, 3.63) is 139 Å². The molecule has 2 amide bonds. The zero-order chi connectivity index (χ0) is 35.2. The van der Waals surface area contributed by atoms with Crippen molar-refractivity contribution >= 4 is 45.5 Å². The normalized spacial score (nSPS) is 18.3. The van der Waals surface area contributed by atoms with Crippen LogP contribution < -0.4 is 26.3 Å². The molecule has 0 radical (unpaired) electrons. The van der Waals surface area contributed by atoms with Crippen LogP contribution in [0.2, 0.25) is 0 Å². The summed E-state index contributed by atoms with van der Waals surface area (Å²) in [5.41, 5.74) is 2.81. The summed E-state index contributed by atoms with van der Waals surface area (Å²) in [7, 11) is 0. The minimum Gasteiger partial charge on any atom is -0.422 e. The van der Waals surface area contributed by atoms with Crippen LogP contribution in [-0.2, 0) is 6.54 Å². The van der Waals surface area contributed by atoms with Gasteiger partial charge >= 0.3 is 5.63 Å². The standard InChI is InChI=1S/C38H34N6O7/c45-35-7-3-5-32-27-18-24(22-43(32)35)21-42(23-27)33-13-8-26(20-31(33)39-36(46)30-19-25-4-1-2-6-34(25)51-38(30)48)37(47)41-16-14-40(15-17-41)28-9-11-29(12-10-28)44(49)50/h1-13,19-20,24,27H,14-18,21-23H2,(H,39,46)/t24-,27+/m1/s1. The predicted octanol–water partition coefficient (Wildman–Crippen LogP) is 4.70. The fourth-order valence-electron chi connectivity index (χ4n) is 7.68. The monoisotopic (exact) mass is 686 g/mol. The van der Waals surface area contributed by atoms with E-state index in [4.69, 9.17) is 4.42 Å². The minimum absolute atomic E-state index is 0.00531. The van der Waals surface area contributed by atoms with E-state index in [1.807, 2.05) is 16.7 Å². The Balaban J connectivity index is 1.07. The number of nitrogens with one attached hydrogen (secondary N) is 1. The van der Waals surface area contributed by atoms with Gasteiger partial charge in [0, 0.05) is 92.3 Å². The molecule has 51 heavy (non-hydrogen) atoms. The first-order chi connectivity index (χ1) is 24.7. The molecule has 5 aromatic rings. The Morgan fingerprint density at radius 3 is 2.39 bits per heavy atom. The quantitative estimate of drug-likeness (QED) is 0.152. The van der Waals surface area contributed by atoms with E-state index in [1.165, 1.54) is 18.2 Å². The summed E-state index contributed by atoms with van der Waals surface area (Å²) in [6.07, 6.45) is 0.947. The molecule has 0 unspecified atom stereocenters. The second-order valence-corrected chi connectivity index (χ2v) is 13.3. The largest absolute Gasteiger partial charge is 0.422 e. The number of anilines is 3. The molecule has 2 atom stereocenters. The molecule has 3 aliphatic heterocycles. The Hall–Kier alpha value is -6.24. The Labute approximate surface area is 291 Å². The van der Waals surface area contributed by atoms with E-state index >= 15 is 0 Å². The van der Waals surface area contributed by atoms with Gasteiger partial charge in [0.2, 0.25) is 0 Å². The van der Waals surface area contributed by atoms with Gasteiger partial charge in [-0.3, -0.25) is 24.5 Å². The lowest BCUT2D eigenvalue weighted by molar-refractivity contribution is -0.384. The highest BCUT2D eigenvalue weighted by molar-refractivity contribution is 6.08. The van der Waals surface area contributed by atoms with Crippen LogP contribution in [0.5, 0.6) is 0 Å². The summed E-state index contributed by atoms with van der Waals surface area (Å²) < 4.78 is 7.30. The van der Waals surface area contributed by atoms with Crippen LogP contribution in [0.25, 0.3) is 11.0 Å². The van der Waals surface area contributed by atoms with Gasteiger partial charge in [0.15, 0.2) is 0 Å². The molecule has 5 heterocycles. The lowest BCUT2D eigenvalue weighted by atomic mass is 9.83. The number of aromatic nitrogens is 1. The number of pyridine rings is 1. The molecule has 2 saturated heterocycles. The van der Waals surface area contributed by atoms with E-state index in [0.717, 1.165) is 23.5 Å². The molecule has 1 N–H and O–H groups in total. The second-order valence-electron chi connectivity index (χ2n) is 13.3. The van der Waals surface area contributed by atoms with Crippen molar-refractivity contribution in [2.75, 3.05) is 54.4 Å². The molecule has 2 fully saturated rings. The Bertz CT molecular complexity index is 2310. The molecular formula is C38H34N6O7. The molecule has 2 bridgehead atoms. The summed E-state index contributed by atoms with van der Waals surface area (Å²) in [5, 5.41) is 14.6. The van der Waals surface area contributed by atoms with Gasteiger partial charge in [-0.1, -0.05) is 24.3 Å². The summed E-state index contributed by atoms with van der Waals surface area (Å²) >= 11 is 0. The molecule has 0 aliphatic carbocycles. The van der Waals surface area contributed by atoms with E-state index in [9.17, 15) is 29.3 Å². The number of hydrogen-bond donors (Lipinski definition) is 1. The van der Waals surface area contributed by atoms with Gasteiger partial charge in [-0.05, 0) is 60.9 Å². The number of nitro benzene ring substituents is 1. The highest BCUT2D eigenvalue weighted by atomic mass is 16.6. The number of carbonyl (C=O) groups is 2. The zero-order valence-electron chi connectivity index (χ0n) is 27.6. The molecule has 3 aliphatic rings. The minimum atomic E-state index is -0.763. The number of carbonyl (C=O) groups excluding carboxylic acids is 2. The number of rotatable bonds is 6. The molecule has 2 aromatic heterocycles. The molecule has 3 aromatic carbocycles. The molecule has 0 spiro atoms. The van der Waals surface area contributed by atoms with Crippen LogP contribution in [0.1, 0.15) is 38.7 Å². The van der Waals surface area contributed by atoms with Gasteiger partial charge in [-0.25, -0.2) is 4.79 Å². The third-order valence-electron chi connectivity index (χ3n) is 10.2. The van der Waals surface area contributed by atoms with Crippen molar-refractivity contribution < 1.29 is 18.9 Å². The number of non-ortho nitro benzene ring substituents is 1.